The van der Waals surface area contributed by atoms with Crippen molar-refractivity contribution in [3.05, 3.63) is 47.0 Å². The number of amides is 1. The molecule has 1 aliphatic rings. The van der Waals surface area contributed by atoms with Crippen molar-refractivity contribution in [2.24, 2.45) is 0 Å². The molecule has 0 spiro atoms. The molecule has 7 nitrogen and oxygen atoms in total. The molecule has 7 heteroatoms. The molecule has 0 saturated carbocycles. The fraction of sp³-hybridized carbons (Fsp3) is 0.364. The van der Waals surface area contributed by atoms with E-state index in [-0.39, 0.29) is 5.91 Å². The number of nitrogens with zero attached hydrogens (tertiary/aromatic N) is 1. The summed E-state index contributed by atoms with van der Waals surface area (Å²) >= 11 is 0. The van der Waals surface area contributed by atoms with Gasteiger partial charge in [0.1, 0.15) is 11.5 Å². The smallest absolute Gasteiger partial charge is 0.308 e. The van der Waals surface area contributed by atoms with E-state index in [2.05, 4.69) is 0 Å². The molecule has 29 heavy (non-hydrogen) atoms. The highest BCUT2D eigenvalue weighted by atomic mass is 16.5. The van der Waals surface area contributed by atoms with Gasteiger partial charge >= 0.3 is 5.97 Å². The fourth-order valence-corrected chi connectivity index (χ4v) is 3.74. The number of esters is 1. The van der Waals surface area contributed by atoms with Crippen LogP contribution in [-0.2, 0) is 16.0 Å². The second-order valence-electron chi connectivity index (χ2n) is 6.77. The molecule has 2 aromatic carbocycles. The quantitative estimate of drug-likeness (QED) is 0.568. The molecular weight excluding hydrogens is 374 g/mol. The van der Waals surface area contributed by atoms with E-state index in [1.807, 2.05) is 12.1 Å². The van der Waals surface area contributed by atoms with Crippen LogP contribution in [0.25, 0.3) is 0 Å². The van der Waals surface area contributed by atoms with E-state index < -0.39 is 12.0 Å². The predicted molar refractivity (Wildman–Crippen MR) is 107 cm³/mol. The average molecular weight is 399 g/mol. The molecule has 1 atom stereocenters. The Balaban J connectivity index is 2.26. The van der Waals surface area contributed by atoms with Gasteiger partial charge in [0.25, 0.3) is 0 Å². The first-order chi connectivity index (χ1) is 13.9. The largest absolute Gasteiger partial charge is 0.497 e. The van der Waals surface area contributed by atoms with E-state index in [1.54, 1.807) is 44.4 Å². The molecule has 1 aliphatic heterocycles. The van der Waals surface area contributed by atoms with Gasteiger partial charge in [0.15, 0.2) is 11.5 Å². The van der Waals surface area contributed by atoms with E-state index in [1.165, 1.54) is 13.8 Å². The molecule has 1 amide bonds. The third kappa shape index (κ3) is 3.99. The fourth-order valence-electron chi connectivity index (χ4n) is 3.74. The maximum Gasteiger partial charge on any atom is 0.308 e. The zero-order valence-electron chi connectivity index (χ0n) is 17.3. The molecule has 3 rings (SSSR count). The Bertz CT molecular complexity index is 939. The molecule has 0 N–H and O–H groups in total. The van der Waals surface area contributed by atoms with Gasteiger partial charge in [-0.2, -0.15) is 0 Å². The number of carbonyl (C=O) groups excluding carboxylic acids is 2. The van der Waals surface area contributed by atoms with Crippen LogP contribution in [-0.4, -0.2) is 44.7 Å². The molecule has 0 saturated heterocycles. The summed E-state index contributed by atoms with van der Waals surface area (Å²) in [5.74, 6) is 1.68. The lowest BCUT2D eigenvalue weighted by Gasteiger charge is -2.38. The Hall–Kier alpha value is -3.22. The number of rotatable bonds is 5. The standard InChI is InChI=1S/C22H25NO6/c1-13(24)23-9-8-15-10-20(27-4)21(28-5)12-17(15)22(23)18-11-16(26-3)6-7-19(18)29-14(2)25/h6-7,10-12,22H,8-9H2,1-5H3/t22-/m0/s1. The summed E-state index contributed by atoms with van der Waals surface area (Å²) in [7, 11) is 4.73. The second kappa shape index (κ2) is 8.43. The van der Waals surface area contributed by atoms with Crippen molar-refractivity contribution in [1.82, 2.24) is 4.90 Å². The summed E-state index contributed by atoms with van der Waals surface area (Å²) in [6.45, 7) is 3.41. The van der Waals surface area contributed by atoms with Crippen LogP contribution < -0.4 is 18.9 Å². The topological polar surface area (TPSA) is 74.3 Å². The zero-order chi connectivity index (χ0) is 21.1. The first-order valence-electron chi connectivity index (χ1n) is 9.28. The highest BCUT2D eigenvalue weighted by Gasteiger charge is 2.34. The molecule has 1 heterocycles. The predicted octanol–water partition coefficient (Wildman–Crippen LogP) is 3.13. The molecule has 0 aromatic heterocycles. The lowest BCUT2D eigenvalue weighted by atomic mass is 9.87. The summed E-state index contributed by atoms with van der Waals surface area (Å²) < 4.78 is 21.8. The number of hydrogen-bond acceptors (Lipinski definition) is 6. The minimum atomic E-state index is -0.458. The SMILES string of the molecule is COc1ccc(OC(C)=O)c([C@@H]2c3cc(OC)c(OC)cc3CCN2C(C)=O)c1. The van der Waals surface area contributed by atoms with Crippen LogP contribution in [0, 0.1) is 0 Å². The second-order valence-corrected chi connectivity index (χ2v) is 6.77. The monoisotopic (exact) mass is 399 g/mol. The Labute approximate surface area is 170 Å². The van der Waals surface area contributed by atoms with Gasteiger partial charge in [-0.1, -0.05) is 0 Å². The minimum Gasteiger partial charge on any atom is -0.497 e. The zero-order valence-corrected chi connectivity index (χ0v) is 17.3. The lowest BCUT2D eigenvalue weighted by molar-refractivity contribution is -0.131. The molecule has 2 aromatic rings. The van der Waals surface area contributed by atoms with E-state index in [0.717, 1.165) is 11.1 Å². The molecule has 154 valence electrons. The van der Waals surface area contributed by atoms with Crippen LogP contribution in [0.5, 0.6) is 23.0 Å². The summed E-state index contributed by atoms with van der Waals surface area (Å²) in [4.78, 5) is 25.9. The first kappa shape index (κ1) is 20.5. The van der Waals surface area contributed by atoms with Crippen molar-refractivity contribution in [2.75, 3.05) is 27.9 Å². The van der Waals surface area contributed by atoms with Crippen LogP contribution >= 0.6 is 0 Å². The summed E-state index contributed by atoms with van der Waals surface area (Å²) in [5.41, 5.74) is 2.61. The normalized spacial score (nSPS) is 15.3. The number of ether oxygens (including phenoxy) is 4. The number of fused-ring (bicyclic) bond motifs is 1. The molecule has 0 unspecified atom stereocenters. The van der Waals surface area contributed by atoms with Gasteiger partial charge in [0.2, 0.25) is 5.91 Å². The van der Waals surface area contributed by atoms with E-state index in [0.29, 0.717) is 41.5 Å². The van der Waals surface area contributed by atoms with Gasteiger partial charge in [0.05, 0.1) is 27.4 Å². The van der Waals surface area contributed by atoms with Crippen molar-refractivity contribution in [3.8, 4) is 23.0 Å². The average Bonchev–Trinajstić information content (AvgIpc) is 2.71. The summed E-state index contributed by atoms with van der Waals surface area (Å²) in [6.07, 6.45) is 0.679. The van der Waals surface area contributed by atoms with Crippen molar-refractivity contribution in [1.29, 1.82) is 0 Å². The van der Waals surface area contributed by atoms with Crippen molar-refractivity contribution in [3.63, 3.8) is 0 Å². The van der Waals surface area contributed by atoms with Crippen molar-refractivity contribution in [2.45, 2.75) is 26.3 Å². The highest BCUT2D eigenvalue weighted by molar-refractivity contribution is 5.76. The Morgan fingerprint density at radius 2 is 1.59 bits per heavy atom. The van der Waals surface area contributed by atoms with Crippen LogP contribution in [0.1, 0.15) is 36.6 Å². The molecule has 0 aliphatic carbocycles. The molecule has 0 bridgehead atoms. The van der Waals surface area contributed by atoms with Gasteiger partial charge in [-0.05, 0) is 47.9 Å². The maximum atomic E-state index is 12.5. The molecular formula is C22H25NO6. The minimum absolute atomic E-state index is 0.0768. The Kier molecular flexibility index (Phi) is 5.96. The van der Waals surface area contributed by atoms with Crippen LogP contribution in [0.15, 0.2) is 30.3 Å². The van der Waals surface area contributed by atoms with Gasteiger partial charge in [0, 0.05) is 26.0 Å². The number of methoxy groups -OCH3 is 3. The Morgan fingerprint density at radius 1 is 0.897 bits per heavy atom. The van der Waals surface area contributed by atoms with Gasteiger partial charge < -0.3 is 23.8 Å². The van der Waals surface area contributed by atoms with Crippen LogP contribution in [0.4, 0.5) is 0 Å². The molecule has 0 fully saturated rings. The maximum absolute atomic E-state index is 12.5. The third-order valence-electron chi connectivity index (χ3n) is 5.04. The Morgan fingerprint density at radius 3 is 2.17 bits per heavy atom. The van der Waals surface area contributed by atoms with E-state index in [4.69, 9.17) is 18.9 Å². The van der Waals surface area contributed by atoms with Gasteiger partial charge in [-0.15, -0.1) is 0 Å². The summed E-state index contributed by atoms with van der Waals surface area (Å²) in [5, 5.41) is 0. The molecule has 0 radical (unpaired) electrons. The van der Waals surface area contributed by atoms with Crippen LogP contribution in [0.2, 0.25) is 0 Å². The van der Waals surface area contributed by atoms with Crippen LogP contribution in [0.3, 0.4) is 0 Å². The number of carbonyl (C=O) groups is 2. The van der Waals surface area contributed by atoms with Gasteiger partial charge in [-0.3, -0.25) is 9.59 Å². The third-order valence-corrected chi connectivity index (χ3v) is 5.04. The first-order valence-corrected chi connectivity index (χ1v) is 9.28. The number of hydrogen-bond donors (Lipinski definition) is 0. The summed E-state index contributed by atoms with van der Waals surface area (Å²) in [6, 6.07) is 8.56. The van der Waals surface area contributed by atoms with Crippen molar-refractivity contribution >= 4 is 11.9 Å². The van der Waals surface area contributed by atoms with Crippen molar-refractivity contribution < 1.29 is 28.5 Å². The van der Waals surface area contributed by atoms with E-state index in [9.17, 15) is 9.59 Å². The highest BCUT2D eigenvalue weighted by Crippen LogP contribution is 2.44. The lowest BCUT2D eigenvalue weighted by Crippen LogP contribution is -2.39. The number of benzene rings is 2. The van der Waals surface area contributed by atoms with E-state index >= 15 is 0 Å². The van der Waals surface area contributed by atoms with Gasteiger partial charge in [-0.25, -0.2) is 0 Å².